The highest BCUT2D eigenvalue weighted by Gasteiger charge is 2.14. The summed E-state index contributed by atoms with van der Waals surface area (Å²) >= 11 is 12.4. The monoisotopic (exact) mass is 371 g/mol. The molecule has 0 amide bonds. The van der Waals surface area contributed by atoms with Crippen LogP contribution in [0.25, 0.3) is 22.4 Å². The van der Waals surface area contributed by atoms with Gasteiger partial charge in [-0.05, 0) is 29.8 Å². The Balaban J connectivity index is 2.10. The van der Waals surface area contributed by atoms with Gasteiger partial charge in [0, 0.05) is 23.2 Å². The number of nitrogens with zero attached hydrogens (tertiary/aromatic N) is 3. The van der Waals surface area contributed by atoms with E-state index in [0.717, 1.165) is 16.7 Å². The summed E-state index contributed by atoms with van der Waals surface area (Å²) in [6, 6.07) is 17.0. The summed E-state index contributed by atoms with van der Waals surface area (Å²) in [4.78, 5) is 3.84. The largest absolute Gasteiger partial charge is 0.289 e. The van der Waals surface area contributed by atoms with Gasteiger partial charge in [0.1, 0.15) is 12.0 Å². The second-order valence-corrected chi connectivity index (χ2v) is 5.98. The van der Waals surface area contributed by atoms with Crippen LogP contribution in [0.15, 0.2) is 59.6 Å². The molecule has 25 heavy (non-hydrogen) atoms. The molecule has 3 rings (SSSR count). The van der Waals surface area contributed by atoms with E-state index in [1.807, 2.05) is 54.6 Å². The molecule has 0 aliphatic heterocycles. The lowest BCUT2D eigenvalue weighted by atomic mass is 10.00. The van der Waals surface area contributed by atoms with Crippen molar-refractivity contribution in [1.29, 1.82) is 0 Å². The van der Waals surface area contributed by atoms with Crippen LogP contribution in [0.1, 0.15) is 0 Å². The fourth-order valence-corrected chi connectivity index (χ4v) is 2.68. The van der Waals surface area contributed by atoms with E-state index in [2.05, 4.69) is 26.0 Å². The SMILES string of the molecule is CN=CNNc1cc(-c2ccc(Cl)cc2)c(-c2ccccc2Cl)nn1. The van der Waals surface area contributed by atoms with Gasteiger partial charge in [-0.2, -0.15) is 0 Å². The fourth-order valence-electron chi connectivity index (χ4n) is 2.33. The Labute approximate surface area is 155 Å². The Morgan fingerprint density at radius 3 is 2.44 bits per heavy atom. The zero-order valence-corrected chi connectivity index (χ0v) is 14.9. The number of halogens is 2. The van der Waals surface area contributed by atoms with Crippen LogP contribution in [0, 0.1) is 0 Å². The predicted molar refractivity (Wildman–Crippen MR) is 104 cm³/mol. The quantitative estimate of drug-likeness (QED) is 0.387. The smallest absolute Gasteiger partial charge is 0.167 e. The summed E-state index contributed by atoms with van der Waals surface area (Å²) < 4.78 is 0. The van der Waals surface area contributed by atoms with E-state index in [4.69, 9.17) is 23.2 Å². The Bertz CT molecular complexity index is 894. The van der Waals surface area contributed by atoms with Crippen molar-refractivity contribution in [3.05, 3.63) is 64.6 Å². The number of hydrazine groups is 1. The molecule has 0 unspecified atom stereocenters. The molecule has 126 valence electrons. The Morgan fingerprint density at radius 2 is 1.72 bits per heavy atom. The molecule has 0 bridgehead atoms. The maximum absolute atomic E-state index is 6.35. The first-order valence-electron chi connectivity index (χ1n) is 7.50. The van der Waals surface area contributed by atoms with E-state index in [9.17, 15) is 0 Å². The number of aromatic nitrogens is 2. The first-order valence-corrected chi connectivity index (χ1v) is 8.25. The Kier molecular flexibility index (Phi) is 5.48. The zero-order chi connectivity index (χ0) is 17.6. The molecule has 2 N–H and O–H groups in total. The fraction of sp³-hybridized carbons (Fsp3) is 0.0556. The molecule has 1 heterocycles. The van der Waals surface area contributed by atoms with Crippen LogP contribution in [0.4, 0.5) is 5.82 Å². The Morgan fingerprint density at radius 1 is 0.960 bits per heavy atom. The molecule has 5 nitrogen and oxygen atoms in total. The molecule has 0 radical (unpaired) electrons. The predicted octanol–water partition coefficient (Wildman–Crippen LogP) is 4.69. The molecule has 1 aromatic heterocycles. The van der Waals surface area contributed by atoms with Crippen LogP contribution in [0.2, 0.25) is 10.0 Å². The van der Waals surface area contributed by atoms with Gasteiger partial charge in [0.25, 0.3) is 0 Å². The van der Waals surface area contributed by atoms with Gasteiger partial charge in [-0.25, -0.2) is 0 Å². The minimum atomic E-state index is 0.556. The van der Waals surface area contributed by atoms with E-state index >= 15 is 0 Å². The highest BCUT2D eigenvalue weighted by Crippen LogP contribution is 2.35. The third-order valence-electron chi connectivity index (χ3n) is 3.47. The highest BCUT2D eigenvalue weighted by atomic mass is 35.5. The van der Waals surface area contributed by atoms with Crippen molar-refractivity contribution in [2.24, 2.45) is 4.99 Å². The topological polar surface area (TPSA) is 62.2 Å². The maximum Gasteiger partial charge on any atom is 0.167 e. The lowest BCUT2D eigenvalue weighted by Crippen LogP contribution is -2.20. The van der Waals surface area contributed by atoms with Crippen LogP contribution in [-0.4, -0.2) is 23.6 Å². The second-order valence-electron chi connectivity index (χ2n) is 5.14. The number of hydrogen-bond donors (Lipinski definition) is 2. The van der Waals surface area contributed by atoms with Gasteiger partial charge in [-0.3, -0.25) is 15.8 Å². The first kappa shape index (κ1) is 17.2. The van der Waals surface area contributed by atoms with Crippen molar-refractivity contribution < 1.29 is 0 Å². The molecule has 0 atom stereocenters. The second kappa shape index (κ2) is 7.96. The van der Waals surface area contributed by atoms with Crippen LogP contribution in [-0.2, 0) is 0 Å². The van der Waals surface area contributed by atoms with Gasteiger partial charge in [-0.15, -0.1) is 10.2 Å². The molecule has 0 spiro atoms. The van der Waals surface area contributed by atoms with Crippen molar-refractivity contribution >= 4 is 35.4 Å². The third kappa shape index (κ3) is 4.07. The number of aliphatic imine (C=N–C) groups is 1. The van der Waals surface area contributed by atoms with E-state index in [-0.39, 0.29) is 0 Å². The van der Waals surface area contributed by atoms with Crippen molar-refractivity contribution in [2.75, 3.05) is 12.5 Å². The van der Waals surface area contributed by atoms with E-state index in [1.54, 1.807) is 7.05 Å². The molecule has 0 saturated carbocycles. The molecule has 7 heteroatoms. The summed E-state index contributed by atoms with van der Waals surface area (Å²) in [5.41, 5.74) is 9.11. The van der Waals surface area contributed by atoms with Gasteiger partial charge in [0.2, 0.25) is 0 Å². The van der Waals surface area contributed by atoms with E-state index < -0.39 is 0 Å². The third-order valence-corrected chi connectivity index (χ3v) is 4.05. The maximum atomic E-state index is 6.35. The molecular formula is C18H15Cl2N5. The molecule has 0 aliphatic carbocycles. The lowest BCUT2D eigenvalue weighted by Gasteiger charge is -2.12. The number of hydrogen-bond acceptors (Lipinski definition) is 4. The number of nitrogens with one attached hydrogen (secondary N) is 2. The van der Waals surface area contributed by atoms with Gasteiger partial charge >= 0.3 is 0 Å². The summed E-state index contributed by atoms with van der Waals surface area (Å²) in [5, 5.41) is 9.86. The average Bonchev–Trinajstić information content (AvgIpc) is 2.63. The minimum Gasteiger partial charge on any atom is -0.289 e. The normalized spacial score (nSPS) is 10.8. The first-order chi connectivity index (χ1) is 12.2. The highest BCUT2D eigenvalue weighted by molar-refractivity contribution is 6.33. The van der Waals surface area contributed by atoms with Crippen molar-refractivity contribution in [3.8, 4) is 22.4 Å². The lowest BCUT2D eigenvalue weighted by molar-refractivity contribution is 0.999. The van der Waals surface area contributed by atoms with Gasteiger partial charge in [-0.1, -0.05) is 53.5 Å². The van der Waals surface area contributed by atoms with Crippen molar-refractivity contribution in [2.45, 2.75) is 0 Å². The summed E-state index contributed by atoms with van der Waals surface area (Å²) in [5.74, 6) is 0.556. The average molecular weight is 372 g/mol. The molecule has 2 aromatic carbocycles. The molecule has 0 saturated heterocycles. The number of rotatable bonds is 5. The number of anilines is 1. The molecule has 3 aromatic rings. The van der Waals surface area contributed by atoms with E-state index in [0.29, 0.717) is 21.6 Å². The molecule has 0 fully saturated rings. The zero-order valence-electron chi connectivity index (χ0n) is 13.4. The molecule has 0 aliphatic rings. The van der Waals surface area contributed by atoms with Gasteiger partial charge in [0.15, 0.2) is 5.82 Å². The van der Waals surface area contributed by atoms with Crippen LogP contribution >= 0.6 is 23.2 Å². The standard InChI is InChI=1S/C18H15Cl2N5/c1-21-11-22-23-17-10-15(12-6-8-13(19)9-7-12)18(25-24-17)14-4-2-3-5-16(14)20/h2-11H,1H3,(H,21,22)(H,23,24). The minimum absolute atomic E-state index is 0.556. The van der Waals surface area contributed by atoms with Crippen LogP contribution < -0.4 is 10.9 Å². The Hall–Kier alpha value is -2.63. The summed E-state index contributed by atoms with van der Waals surface area (Å²) in [6.45, 7) is 0. The van der Waals surface area contributed by atoms with Crippen LogP contribution in [0.3, 0.4) is 0 Å². The number of benzene rings is 2. The summed E-state index contributed by atoms with van der Waals surface area (Å²) in [6.07, 6.45) is 1.52. The van der Waals surface area contributed by atoms with E-state index in [1.165, 1.54) is 6.34 Å². The molecular weight excluding hydrogens is 357 g/mol. The summed E-state index contributed by atoms with van der Waals surface area (Å²) in [7, 11) is 1.67. The van der Waals surface area contributed by atoms with Crippen molar-refractivity contribution in [1.82, 2.24) is 15.6 Å². The van der Waals surface area contributed by atoms with Crippen molar-refractivity contribution in [3.63, 3.8) is 0 Å². The van der Waals surface area contributed by atoms with Gasteiger partial charge in [0.05, 0.1) is 5.02 Å². The van der Waals surface area contributed by atoms with Crippen LogP contribution in [0.5, 0.6) is 0 Å². The van der Waals surface area contributed by atoms with Gasteiger partial charge < -0.3 is 0 Å².